The average Bonchev–Trinajstić information content (AvgIpc) is 3.62. The van der Waals surface area contributed by atoms with Crippen LogP contribution in [-0.4, -0.2) is 102 Å². The molecule has 1 aliphatic carbocycles. The molecule has 1 amide bonds. The standard InChI is InChI=1S/C41H39ClF2N8O6S2/c1-3-51(26-9-13-50(14-10-26)27-16-28(17-27)58-41(43)44)38-32(18-45)35-34(19-47-38)48-23(2)52(40(35)54)12-4-5-24-6-7-25(42)15-31(24)30-8-11-46-36-33(22-59-37(30)36)39(53)49-60(55,56)29-20-57-21-29/h6-8,11,15,19,22,26-29,41H,3,9-10,12-14,16-17,20-21H2,1-2H3,(H,49,53). The lowest BCUT2D eigenvalue weighted by Gasteiger charge is -2.47. The van der Waals surface area contributed by atoms with Gasteiger partial charge in [0.15, 0.2) is 0 Å². The van der Waals surface area contributed by atoms with Gasteiger partial charge < -0.3 is 19.3 Å². The minimum Gasteiger partial charge on any atom is -0.378 e. The van der Waals surface area contributed by atoms with Gasteiger partial charge in [-0.25, -0.2) is 23.1 Å². The van der Waals surface area contributed by atoms with Gasteiger partial charge >= 0.3 is 6.61 Å². The highest BCUT2D eigenvalue weighted by atomic mass is 35.5. The summed E-state index contributed by atoms with van der Waals surface area (Å²) in [5, 5.41) is 11.9. The second kappa shape index (κ2) is 17.1. The molecule has 0 bridgehead atoms. The van der Waals surface area contributed by atoms with Crippen LogP contribution in [0.15, 0.2) is 46.8 Å². The van der Waals surface area contributed by atoms with E-state index in [2.05, 4.69) is 52.1 Å². The van der Waals surface area contributed by atoms with Crippen molar-refractivity contribution in [1.82, 2.24) is 29.1 Å². The van der Waals surface area contributed by atoms with Crippen LogP contribution in [0.3, 0.4) is 0 Å². The van der Waals surface area contributed by atoms with Crippen LogP contribution in [0.2, 0.25) is 5.02 Å². The number of carbonyl (C=O) groups is 1. The zero-order valence-electron chi connectivity index (χ0n) is 32.5. The first-order valence-electron chi connectivity index (χ1n) is 19.4. The Balaban J connectivity index is 1.04. The first-order chi connectivity index (χ1) is 28.9. The van der Waals surface area contributed by atoms with Crippen LogP contribution in [0.4, 0.5) is 14.6 Å². The molecule has 4 aromatic heterocycles. The van der Waals surface area contributed by atoms with Crippen molar-refractivity contribution in [2.24, 2.45) is 0 Å². The van der Waals surface area contributed by atoms with Gasteiger partial charge in [-0.3, -0.25) is 19.1 Å². The van der Waals surface area contributed by atoms with Gasteiger partial charge in [0.1, 0.15) is 28.5 Å². The number of aromatic nitrogens is 4. The number of nitrogens with one attached hydrogen (secondary N) is 1. The highest BCUT2D eigenvalue weighted by molar-refractivity contribution is 7.90. The number of rotatable bonds is 11. The maximum atomic E-state index is 14.2. The summed E-state index contributed by atoms with van der Waals surface area (Å²) in [7, 11) is -3.92. The molecule has 1 aromatic carbocycles. The van der Waals surface area contributed by atoms with Crippen molar-refractivity contribution >= 4 is 65.8 Å². The molecular formula is C41H39ClF2N8O6S2. The molecule has 5 aromatic rings. The highest BCUT2D eigenvalue weighted by Crippen LogP contribution is 2.37. The quantitative estimate of drug-likeness (QED) is 0.166. The SMILES string of the molecule is CCN(c1ncc2nc(C)n(CC#Cc3ccc(Cl)cc3-c3ccnc4c(C(=O)NS(=O)(=O)C5COC5)csc34)c(=O)c2c1C#N)C1CCN(C2CC(OC(F)F)C2)CC1. The fourth-order valence-corrected chi connectivity index (χ4v) is 10.4. The third-order valence-corrected chi connectivity index (χ3v) is 14.3. The van der Waals surface area contributed by atoms with Crippen LogP contribution >= 0.6 is 22.9 Å². The molecule has 1 saturated carbocycles. The number of aryl methyl sites for hydroxylation is 1. The van der Waals surface area contributed by atoms with Crippen LogP contribution in [0.1, 0.15) is 59.9 Å². The van der Waals surface area contributed by atoms with Crippen molar-refractivity contribution in [2.75, 3.05) is 37.7 Å². The molecular weight excluding hydrogens is 838 g/mol. The Hall–Kier alpha value is -5.08. The maximum Gasteiger partial charge on any atom is 0.345 e. The lowest BCUT2D eigenvalue weighted by molar-refractivity contribution is -0.194. The lowest BCUT2D eigenvalue weighted by Crippen LogP contribution is -2.54. The maximum absolute atomic E-state index is 14.2. The van der Waals surface area contributed by atoms with Gasteiger partial charge in [0, 0.05) is 65.0 Å². The van der Waals surface area contributed by atoms with E-state index in [0.717, 1.165) is 25.9 Å². The van der Waals surface area contributed by atoms with E-state index in [-0.39, 0.29) is 48.4 Å². The number of hydrogen-bond donors (Lipinski definition) is 1. The highest BCUT2D eigenvalue weighted by Gasteiger charge is 2.39. The summed E-state index contributed by atoms with van der Waals surface area (Å²) in [5.74, 6) is 6.29. The molecule has 312 valence electrons. The zero-order valence-corrected chi connectivity index (χ0v) is 34.9. The van der Waals surface area contributed by atoms with Gasteiger partial charge in [-0.1, -0.05) is 23.4 Å². The Morgan fingerprint density at radius 2 is 1.95 bits per heavy atom. The van der Waals surface area contributed by atoms with Crippen molar-refractivity contribution in [1.29, 1.82) is 5.26 Å². The first kappa shape index (κ1) is 41.6. The monoisotopic (exact) mass is 876 g/mol. The number of carbonyl (C=O) groups excluding carboxylic acids is 1. The largest absolute Gasteiger partial charge is 0.378 e. The molecule has 2 saturated heterocycles. The molecule has 6 heterocycles. The molecule has 1 N–H and O–H groups in total. The van der Waals surface area contributed by atoms with E-state index in [4.69, 9.17) is 16.3 Å². The van der Waals surface area contributed by atoms with E-state index in [1.165, 1.54) is 28.3 Å². The van der Waals surface area contributed by atoms with Gasteiger partial charge in [0.05, 0.1) is 58.7 Å². The van der Waals surface area contributed by atoms with E-state index in [1.807, 2.05) is 6.92 Å². The number of fused-ring (bicyclic) bond motifs is 2. The van der Waals surface area contributed by atoms with E-state index >= 15 is 0 Å². The number of pyridine rings is 2. The minimum absolute atomic E-state index is 0.0215. The summed E-state index contributed by atoms with van der Waals surface area (Å²) in [6.45, 7) is 3.00. The summed E-state index contributed by atoms with van der Waals surface area (Å²) >= 11 is 7.71. The number of piperidine rings is 1. The predicted octanol–water partition coefficient (Wildman–Crippen LogP) is 5.47. The van der Waals surface area contributed by atoms with Crippen molar-refractivity contribution in [3.63, 3.8) is 0 Å². The Morgan fingerprint density at radius 1 is 1.18 bits per heavy atom. The van der Waals surface area contributed by atoms with Gasteiger partial charge in [-0.2, -0.15) is 14.0 Å². The second-order valence-corrected chi connectivity index (χ2v) is 18.2. The third-order valence-electron chi connectivity index (χ3n) is 11.4. The van der Waals surface area contributed by atoms with Gasteiger partial charge in [-0.15, -0.1) is 11.3 Å². The van der Waals surface area contributed by atoms with Crippen molar-refractivity contribution in [2.45, 2.75) is 76.1 Å². The number of halogens is 3. The Kier molecular flexibility index (Phi) is 11.9. The Labute approximate surface area is 353 Å². The molecule has 60 heavy (non-hydrogen) atoms. The summed E-state index contributed by atoms with van der Waals surface area (Å²) in [4.78, 5) is 45.5. The molecule has 3 aliphatic rings. The van der Waals surface area contributed by atoms with Crippen LogP contribution in [-0.2, 0) is 26.0 Å². The Morgan fingerprint density at radius 3 is 2.63 bits per heavy atom. The summed E-state index contributed by atoms with van der Waals surface area (Å²) in [6.07, 6.45) is 5.38. The van der Waals surface area contributed by atoms with Crippen LogP contribution < -0.4 is 15.2 Å². The number of alkyl halides is 2. The molecule has 0 spiro atoms. The Bertz CT molecular complexity index is 2770. The van der Waals surface area contributed by atoms with E-state index in [1.54, 1.807) is 36.6 Å². The van der Waals surface area contributed by atoms with E-state index in [0.29, 0.717) is 68.5 Å². The fraction of sp³-hybridized carbons (Fsp3) is 0.415. The summed E-state index contributed by atoms with van der Waals surface area (Å²) in [5.41, 5.74) is 2.34. The molecule has 2 aliphatic heterocycles. The van der Waals surface area contributed by atoms with Gasteiger partial charge in [-0.05, 0) is 63.8 Å². The number of nitrogens with zero attached hydrogens (tertiary/aromatic N) is 7. The van der Waals surface area contributed by atoms with E-state index < -0.39 is 39.5 Å². The first-order valence-corrected chi connectivity index (χ1v) is 22.2. The van der Waals surface area contributed by atoms with Crippen molar-refractivity contribution in [3.8, 4) is 29.0 Å². The zero-order chi connectivity index (χ0) is 42.3. The number of sulfonamides is 1. The number of thiophene rings is 1. The van der Waals surface area contributed by atoms with Crippen molar-refractivity contribution < 1.29 is 31.5 Å². The number of amides is 1. The normalized spacial score (nSPS) is 18.8. The molecule has 8 rings (SSSR count). The average molecular weight is 877 g/mol. The summed E-state index contributed by atoms with van der Waals surface area (Å²) < 4.78 is 64.3. The van der Waals surface area contributed by atoms with Crippen LogP contribution in [0.5, 0.6) is 0 Å². The number of benzene rings is 1. The number of anilines is 1. The number of ether oxygens (including phenoxy) is 2. The molecule has 14 nitrogen and oxygen atoms in total. The van der Waals surface area contributed by atoms with Crippen molar-refractivity contribution in [3.05, 3.63) is 79.9 Å². The topological polar surface area (TPSA) is 173 Å². The summed E-state index contributed by atoms with van der Waals surface area (Å²) in [6, 6.07) is 9.45. The van der Waals surface area contributed by atoms with Crippen LogP contribution in [0, 0.1) is 30.1 Å². The minimum atomic E-state index is -3.92. The number of nitriles is 1. The fourth-order valence-electron chi connectivity index (χ4n) is 8.08. The predicted molar refractivity (Wildman–Crippen MR) is 223 cm³/mol. The van der Waals surface area contributed by atoms with Gasteiger partial charge in [0.25, 0.3) is 11.5 Å². The molecule has 0 atom stereocenters. The molecule has 19 heteroatoms. The lowest BCUT2D eigenvalue weighted by atomic mass is 9.86. The number of likely N-dealkylation sites (tertiary alicyclic amines) is 1. The molecule has 3 fully saturated rings. The molecule has 0 radical (unpaired) electrons. The molecule has 0 unspecified atom stereocenters. The smallest absolute Gasteiger partial charge is 0.345 e. The van der Waals surface area contributed by atoms with Gasteiger partial charge in [0.2, 0.25) is 10.0 Å². The third kappa shape index (κ3) is 8.07. The number of hydrogen-bond acceptors (Lipinski definition) is 13. The van der Waals surface area contributed by atoms with E-state index in [9.17, 15) is 32.0 Å². The second-order valence-electron chi connectivity index (χ2n) is 14.9. The van der Waals surface area contributed by atoms with Crippen LogP contribution in [0.25, 0.3) is 32.2 Å².